The number of rotatable bonds is 6. The van der Waals surface area contributed by atoms with Crippen molar-refractivity contribution in [3.63, 3.8) is 0 Å². The van der Waals surface area contributed by atoms with Crippen LogP contribution in [0.5, 0.6) is 5.75 Å². The second kappa shape index (κ2) is 6.85. The fourth-order valence-corrected chi connectivity index (χ4v) is 3.10. The van der Waals surface area contributed by atoms with Gasteiger partial charge < -0.3 is 15.0 Å². The molecule has 0 aliphatic heterocycles. The van der Waals surface area contributed by atoms with Crippen molar-refractivity contribution >= 4 is 28.4 Å². The molecular formula is C20H19ClFN3O2. The fraction of sp³-hybridized carbons (Fsp3) is 0.300. The Kier molecular flexibility index (Phi) is 4.52. The SMILES string of the molecule is CC1(C(=O)NCc2cc3cc(Cl)c(OCc4ncccc4F)cc3[nH]2)CC1. The molecule has 0 unspecified atom stereocenters. The van der Waals surface area contributed by atoms with E-state index in [9.17, 15) is 9.18 Å². The molecule has 2 heterocycles. The second-order valence-corrected chi connectivity index (χ2v) is 7.54. The van der Waals surface area contributed by atoms with E-state index >= 15 is 0 Å². The molecule has 1 amide bonds. The Morgan fingerprint density at radius 2 is 2.22 bits per heavy atom. The van der Waals surface area contributed by atoms with Crippen LogP contribution in [0, 0.1) is 11.2 Å². The second-order valence-electron chi connectivity index (χ2n) is 7.13. The van der Waals surface area contributed by atoms with Gasteiger partial charge in [-0.15, -0.1) is 0 Å². The van der Waals surface area contributed by atoms with Gasteiger partial charge in [0, 0.05) is 34.3 Å². The normalized spacial score (nSPS) is 14.9. The molecule has 1 fully saturated rings. The van der Waals surface area contributed by atoms with Crippen LogP contribution in [-0.4, -0.2) is 15.9 Å². The number of nitrogens with one attached hydrogen (secondary N) is 2. The Hall–Kier alpha value is -2.60. The largest absolute Gasteiger partial charge is 0.486 e. The number of carbonyl (C=O) groups is 1. The van der Waals surface area contributed by atoms with Gasteiger partial charge in [0.2, 0.25) is 5.91 Å². The first-order chi connectivity index (χ1) is 12.9. The summed E-state index contributed by atoms with van der Waals surface area (Å²) in [7, 11) is 0. The van der Waals surface area contributed by atoms with E-state index in [0.29, 0.717) is 17.3 Å². The molecule has 1 aromatic carbocycles. The number of pyridine rings is 1. The van der Waals surface area contributed by atoms with Gasteiger partial charge in [-0.3, -0.25) is 9.78 Å². The lowest BCUT2D eigenvalue weighted by molar-refractivity contribution is -0.125. The molecule has 0 bridgehead atoms. The van der Waals surface area contributed by atoms with Crippen LogP contribution >= 0.6 is 11.6 Å². The standard InChI is InChI=1S/C20H19ClFN3O2/c1-20(4-5-20)19(26)24-10-13-7-12-8-14(21)18(9-16(12)25-13)27-11-17-15(22)3-2-6-23-17/h2-3,6-9,25H,4-5,10-11H2,1H3,(H,24,26). The number of fused-ring (bicyclic) bond motifs is 1. The topological polar surface area (TPSA) is 67.0 Å². The molecule has 1 saturated carbocycles. The van der Waals surface area contributed by atoms with E-state index in [-0.39, 0.29) is 23.6 Å². The lowest BCUT2D eigenvalue weighted by Crippen LogP contribution is -2.29. The molecule has 0 atom stereocenters. The minimum atomic E-state index is -0.419. The minimum absolute atomic E-state index is 0.0138. The Balaban J connectivity index is 1.47. The Morgan fingerprint density at radius 3 is 2.96 bits per heavy atom. The highest BCUT2D eigenvalue weighted by Gasteiger charge is 2.44. The van der Waals surface area contributed by atoms with Crippen LogP contribution in [0.25, 0.3) is 10.9 Å². The molecule has 1 aliphatic rings. The van der Waals surface area contributed by atoms with Crippen LogP contribution in [0.1, 0.15) is 31.2 Å². The Morgan fingerprint density at radius 1 is 1.41 bits per heavy atom. The zero-order chi connectivity index (χ0) is 19.0. The molecule has 0 saturated heterocycles. The predicted octanol–water partition coefficient (Wildman–Crippen LogP) is 4.35. The van der Waals surface area contributed by atoms with Crippen LogP contribution in [0.4, 0.5) is 4.39 Å². The molecule has 2 N–H and O–H groups in total. The van der Waals surface area contributed by atoms with Gasteiger partial charge in [0.05, 0.1) is 11.6 Å². The van der Waals surface area contributed by atoms with Crippen molar-refractivity contribution in [2.45, 2.75) is 32.9 Å². The summed E-state index contributed by atoms with van der Waals surface area (Å²) in [5.41, 5.74) is 1.73. The van der Waals surface area contributed by atoms with E-state index in [4.69, 9.17) is 16.3 Å². The number of ether oxygens (including phenoxy) is 1. The molecule has 0 spiro atoms. The highest BCUT2D eigenvalue weighted by atomic mass is 35.5. The molecule has 27 heavy (non-hydrogen) atoms. The summed E-state index contributed by atoms with van der Waals surface area (Å²) in [4.78, 5) is 19.3. The quantitative estimate of drug-likeness (QED) is 0.660. The van der Waals surface area contributed by atoms with E-state index in [0.717, 1.165) is 29.4 Å². The maximum Gasteiger partial charge on any atom is 0.226 e. The monoisotopic (exact) mass is 387 g/mol. The van der Waals surface area contributed by atoms with Crippen LogP contribution in [0.2, 0.25) is 5.02 Å². The third kappa shape index (κ3) is 3.76. The van der Waals surface area contributed by atoms with Crippen molar-refractivity contribution in [2.75, 3.05) is 0 Å². The zero-order valence-electron chi connectivity index (χ0n) is 14.8. The van der Waals surface area contributed by atoms with Crippen LogP contribution in [0.15, 0.2) is 36.5 Å². The Bertz CT molecular complexity index is 1010. The molecular weight excluding hydrogens is 369 g/mol. The highest BCUT2D eigenvalue weighted by molar-refractivity contribution is 6.32. The maximum atomic E-state index is 13.7. The van der Waals surface area contributed by atoms with Crippen LogP contribution < -0.4 is 10.1 Å². The van der Waals surface area contributed by atoms with Gasteiger partial charge in [0.1, 0.15) is 23.9 Å². The lowest BCUT2D eigenvalue weighted by Gasteiger charge is -2.08. The van der Waals surface area contributed by atoms with E-state index in [1.54, 1.807) is 12.1 Å². The number of halogens is 2. The lowest BCUT2D eigenvalue weighted by atomic mass is 10.1. The van der Waals surface area contributed by atoms with Crippen molar-refractivity contribution in [3.8, 4) is 5.75 Å². The van der Waals surface area contributed by atoms with Crippen molar-refractivity contribution in [1.29, 1.82) is 0 Å². The molecule has 140 valence electrons. The van der Waals surface area contributed by atoms with Crippen molar-refractivity contribution in [3.05, 3.63) is 58.8 Å². The summed E-state index contributed by atoms with van der Waals surface area (Å²) in [5.74, 6) is 0.106. The first kappa shape index (κ1) is 17.8. The average Bonchev–Trinajstić information content (AvgIpc) is 3.28. The van der Waals surface area contributed by atoms with Gasteiger partial charge in [-0.25, -0.2) is 4.39 Å². The van der Waals surface area contributed by atoms with E-state index < -0.39 is 5.82 Å². The number of carbonyl (C=O) groups excluding carboxylic acids is 1. The van der Waals surface area contributed by atoms with Crippen molar-refractivity contribution < 1.29 is 13.9 Å². The molecule has 4 rings (SSSR count). The number of hydrogen-bond acceptors (Lipinski definition) is 3. The summed E-state index contributed by atoms with van der Waals surface area (Å²) in [6, 6.07) is 8.36. The summed E-state index contributed by atoms with van der Waals surface area (Å²) >= 11 is 6.29. The van der Waals surface area contributed by atoms with Gasteiger partial charge in [-0.2, -0.15) is 0 Å². The Labute approximate surface area is 160 Å². The molecule has 5 nitrogen and oxygen atoms in total. The van der Waals surface area contributed by atoms with E-state index in [1.165, 1.54) is 18.3 Å². The third-order valence-corrected chi connectivity index (χ3v) is 5.21. The highest BCUT2D eigenvalue weighted by Crippen LogP contribution is 2.45. The summed E-state index contributed by atoms with van der Waals surface area (Å²) < 4.78 is 19.3. The van der Waals surface area contributed by atoms with Crippen molar-refractivity contribution in [2.24, 2.45) is 5.41 Å². The number of nitrogens with zero attached hydrogens (tertiary/aromatic N) is 1. The first-order valence-corrected chi connectivity index (χ1v) is 9.14. The van der Waals surface area contributed by atoms with Crippen LogP contribution in [-0.2, 0) is 17.9 Å². The van der Waals surface area contributed by atoms with Crippen molar-refractivity contribution in [1.82, 2.24) is 15.3 Å². The fourth-order valence-electron chi connectivity index (χ4n) is 2.87. The molecule has 1 aliphatic carbocycles. The van der Waals surface area contributed by atoms with Gasteiger partial charge in [0.25, 0.3) is 0 Å². The van der Waals surface area contributed by atoms with Gasteiger partial charge >= 0.3 is 0 Å². The third-order valence-electron chi connectivity index (χ3n) is 4.92. The van der Waals surface area contributed by atoms with E-state index in [1.807, 2.05) is 13.0 Å². The number of H-pyrrole nitrogens is 1. The molecule has 7 heteroatoms. The molecule has 3 aromatic rings. The van der Waals surface area contributed by atoms with Crippen LogP contribution in [0.3, 0.4) is 0 Å². The minimum Gasteiger partial charge on any atom is -0.486 e. The summed E-state index contributed by atoms with van der Waals surface area (Å²) in [5, 5.41) is 4.30. The number of amides is 1. The molecule has 0 radical (unpaired) electrons. The summed E-state index contributed by atoms with van der Waals surface area (Å²) in [6.07, 6.45) is 3.40. The number of hydrogen-bond donors (Lipinski definition) is 2. The smallest absolute Gasteiger partial charge is 0.226 e. The van der Waals surface area contributed by atoms with Gasteiger partial charge in [0.15, 0.2) is 0 Å². The molecule has 2 aromatic heterocycles. The number of aromatic nitrogens is 2. The summed E-state index contributed by atoms with van der Waals surface area (Å²) in [6.45, 7) is 2.39. The van der Waals surface area contributed by atoms with Gasteiger partial charge in [-0.05, 0) is 37.1 Å². The average molecular weight is 388 g/mol. The predicted molar refractivity (Wildman–Crippen MR) is 101 cm³/mol. The van der Waals surface area contributed by atoms with E-state index in [2.05, 4.69) is 15.3 Å². The number of benzene rings is 1. The van der Waals surface area contributed by atoms with Gasteiger partial charge in [-0.1, -0.05) is 18.5 Å². The number of aromatic amines is 1. The zero-order valence-corrected chi connectivity index (χ0v) is 15.6. The maximum absolute atomic E-state index is 13.7. The first-order valence-electron chi connectivity index (χ1n) is 8.76.